The first-order valence-electron chi connectivity index (χ1n) is 2.81. The third kappa shape index (κ3) is 2.12. The SMILES string of the molecule is [O-][S+](c1c[c]cnc1)C(F)(F)F. The van der Waals surface area contributed by atoms with E-state index in [1.54, 1.807) is 0 Å². The minimum Gasteiger partial charge on any atom is -0.604 e. The van der Waals surface area contributed by atoms with Crippen molar-refractivity contribution in [2.75, 3.05) is 0 Å². The topological polar surface area (TPSA) is 36.0 Å². The van der Waals surface area contributed by atoms with E-state index in [0.29, 0.717) is 0 Å². The number of hydrogen-bond donors (Lipinski definition) is 0. The van der Waals surface area contributed by atoms with Crippen LogP contribution in [0.5, 0.6) is 0 Å². The number of halogens is 3. The van der Waals surface area contributed by atoms with Crippen molar-refractivity contribution in [2.45, 2.75) is 10.4 Å². The molecule has 0 aliphatic rings. The second-order valence-corrected chi connectivity index (χ2v) is 3.31. The molecule has 1 radical (unpaired) electrons. The average Bonchev–Trinajstić information content (AvgIpc) is 2.03. The summed E-state index contributed by atoms with van der Waals surface area (Å²) in [6, 6.07) is 3.31. The van der Waals surface area contributed by atoms with Crippen LogP contribution in [0.2, 0.25) is 0 Å². The highest BCUT2D eigenvalue weighted by Gasteiger charge is 2.46. The van der Waals surface area contributed by atoms with E-state index in [2.05, 4.69) is 11.1 Å². The molecule has 12 heavy (non-hydrogen) atoms. The van der Waals surface area contributed by atoms with Gasteiger partial charge < -0.3 is 4.55 Å². The molecule has 0 bridgehead atoms. The highest BCUT2D eigenvalue weighted by atomic mass is 32.2. The lowest BCUT2D eigenvalue weighted by Gasteiger charge is -2.10. The minimum atomic E-state index is -4.73. The van der Waals surface area contributed by atoms with E-state index in [0.717, 1.165) is 12.3 Å². The Bertz CT molecular complexity index is 251. The van der Waals surface area contributed by atoms with Crippen LogP contribution in [0.25, 0.3) is 0 Å². The van der Waals surface area contributed by atoms with Gasteiger partial charge in [0.05, 0.1) is 6.20 Å². The van der Waals surface area contributed by atoms with Gasteiger partial charge in [0.2, 0.25) is 0 Å². The van der Waals surface area contributed by atoms with Gasteiger partial charge >= 0.3 is 5.51 Å². The normalized spacial score (nSPS) is 14.3. The summed E-state index contributed by atoms with van der Waals surface area (Å²) in [6.07, 6.45) is 2.09. The summed E-state index contributed by atoms with van der Waals surface area (Å²) in [6.45, 7) is 0. The molecule has 65 valence electrons. The Morgan fingerprint density at radius 1 is 1.50 bits per heavy atom. The quantitative estimate of drug-likeness (QED) is 0.635. The Morgan fingerprint density at radius 3 is 2.58 bits per heavy atom. The molecule has 1 rings (SSSR count). The van der Waals surface area contributed by atoms with Crippen LogP contribution < -0.4 is 0 Å². The second-order valence-electron chi connectivity index (χ2n) is 1.84. The zero-order chi connectivity index (χ0) is 9.19. The Hall–Kier alpha value is -0.750. The number of pyridine rings is 1. The highest BCUT2D eigenvalue weighted by Crippen LogP contribution is 2.29. The molecule has 6 heteroatoms. The van der Waals surface area contributed by atoms with Gasteiger partial charge in [-0.3, -0.25) is 4.98 Å². The number of rotatable bonds is 1. The predicted octanol–water partition coefficient (Wildman–Crippen LogP) is 1.51. The molecule has 0 spiro atoms. The molecule has 0 N–H and O–H groups in total. The smallest absolute Gasteiger partial charge is 0.578 e. The summed E-state index contributed by atoms with van der Waals surface area (Å²) >= 11 is -2.99. The fourth-order valence-corrected chi connectivity index (χ4v) is 1.14. The van der Waals surface area contributed by atoms with Crippen molar-refractivity contribution in [3.63, 3.8) is 0 Å². The summed E-state index contributed by atoms with van der Waals surface area (Å²) in [4.78, 5) is 2.99. The number of nitrogens with zero attached hydrogens (tertiary/aromatic N) is 1. The molecule has 0 saturated heterocycles. The van der Waals surface area contributed by atoms with Crippen molar-refractivity contribution in [2.24, 2.45) is 0 Å². The van der Waals surface area contributed by atoms with E-state index in [9.17, 15) is 17.7 Å². The van der Waals surface area contributed by atoms with Gasteiger partial charge in [-0.2, -0.15) is 0 Å². The van der Waals surface area contributed by atoms with Gasteiger partial charge in [-0.25, -0.2) is 0 Å². The van der Waals surface area contributed by atoms with Crippen LogP contribution in [0.15, 0.2) is 23.4 Å². The Morgan fingerprint density at radius 2 is 2.17 bits per heavy atom. The monoisotopic (exact) mass is 194 g/mol. The van der Waals surface area contributed by atoms with E-state index < -0.39 is 16.7 Å². The molecule has 0 aliphatic heterocycles. The van der Waals surface area contributed by atoms with E-state index in [1.165, 1.54) is 6.20 Å². The lowest BCUT2D eigenvalue weighted by atomic mass is 10.5. The molecule has 1 heterocycles. The third-order valence-electron chi connectivity index (χ3n) is 1.00. The Labute approximate surface area is 69.6 Å². The van der Waals surface area contributed by atoms with Crippen molar-refractivity contribution >= 4 is 11.2 Å². The van der Waals surface area contributed by atoms with Gasteiger partial charge in [0.1, 0.15) is 11.2 Å². The summed E-state index contributed by atoms with van der Waals surface area (Å²) in [7, 11) is 0. The molecule has 0 fully saturated rings. The molecule has 1 aromatic rings. The number of aromatic nitrogens is 1. The largest absolute Gasteiger partial charge is 0.604 e. The lowest BCUT2D eigenvalue weighted by molar-refractivity contribution is -0.0435. The van der Waals surface area contributed by atoms with Gasteiger partial charge in [0, 0.05) is 18.3 Å². The first-order chi connectivity index (χ1) is 5.52. The summed E-state index contributed by atoms with van der Waals surface area (Å²) in [5, 5.41) is 0. The van der Waals surface area contributed by atoms with Gasteiger partial charge in [0.25, 0.3) is 0 Å². The standard InChI is InChI=1S/C6H3F3NOS/c7-6(8,9)12(11)5-2-1-3-10-4-5/h2-4H. The van der Waals surface area contributed by atoms with Crippen LogP contribution >= 0.6 is 0 Å². The highest BCUT2D eigenvalue weighted by molar-refractivity contribution is 7.92. The maximum absolute atomic E-state index is 11.8. The van der Waals surface area contributed by atoms with Crippen LogP contribution in [-0.2, 0) is 11.2 Å². The van der Waals surface area contributed by atoms with Crippen LogP contribution in [0.1, 0.15) is 0 Å². The van der Waals surface area contributed by atoms with Gasteiger partial charge in [-0.05, 0) is 0 Å². The molecule has 2 nitrogen and oxygen atoms in total. The predicted molar refractivity (Wildman–Crippen MR) is 35.5 cm³/mol. The fraction of sp³-hybridized carbons (Fsp3) is 0.167. The van der Waals surface area contributed by atoms with Crippen LogP contribution in [0.3, 0.4) is 0 Å². The molecule has 0 saturated carbocycles. The van der Waals surface area contributed by atoms with Gasteiger partial charge in [0.15, 0.2) is 4.90 Å². The average molecular weight is 194 g/mol. The maximum Gasteiger partial charge on any atom is 0.578 e. The molecular formula is C6H3F3NOS. The van der Waals surface area contributed by atoms with Crippen molar-refractivity contribution in [1.29, 1.82) is 0 Å². The van der Waals surface area contributed by atoms with Crippen LogP contribution in [0.4, 0.5) is 13.2 Å². The molecule has 0 amide bonds. The van der Waals surface area contributed by atoms with E-state index in [1.807, 2.05) is 0 Å². The van der Waals surface area contributed by atoms with Crippen molar-refractivity contribution < 1.29 is 17.7 Å². The van der Waals surface area contributed by atoms with Crippen molar-refractivity contribution in [3.8, 4) is 0 Å². The molecule has 1 unspecified atom stereocenters. The van der Waals surface area contributed by atoms with Crippen LogP contribution in [0, 0.1) is 6.07 Å². The second kappa shape index (κ2) is 3.32. The Balaban J connectivity index is 2.86. The zero-order valence-corrected chi connectivity index (χ0v) is 6.45. The van der Waals surface area contributed by atoms with E-state index in [4.69, 9.17) is 0 Å². The summed E-state index contributed by atoms with van der Waals surface area (Å²) in [5.74, 6) is 0. The molecular weight excluding hydrogens is 191 g/mol. The van der Waals surface area contributed by atoms with E-state index >= 15 is 0 Å². The van der Waals surface area contributed by atoms with Crippen molar-refractivity contribution in [1.82, 2.24) is 4.98 Å². The molecule has 0 aliphatic carbocycles. The maximum atomic E-state index is 11.8. The van der Waals surface area contributed by atoms with Gasteiger partial charge in [-0.15, -0.1) is 13.2 Å². The third-order valence-corrected chi connectivity index (χ3v) is 2.07. The fourth-order valence-electron chi connectivity index (χ4n) is 0.545. The first-order valence-corrected chi connectivity index (χ1v) is 3.96. The molecule has 1 atom stereocenters. The minimum absolute atomic E-state index is 0.384. The lowest BCUT2D eigenvalue weighted by Crippen LogP contribution is -2.23. The van der Waals surface area contributed by atoms with E-state index in [-0.39, 0.29) is 4.90 Å². The number of alkyl halides is 3. The van der Waals surface area contributed by atoms with Crippen molar-refractivity contribution in [3.05, 3.63) is 24.5 Å². The summed E-state index contributed by atoms with van der Waals surface area (Å²) < 4.78 is 46.0. The molecule has 1 aromatic heterocycles. The zero-order valence-electron chi connectivity index (χ0n) is 5.63. The number of hydrogen-bond acceptors (Lipinski definition) is 2. The Kier molecular flexibility index (Phi) is 2.58. The summed E-state index contributed by atoms with van der Waals surface area (Å²) in [5.41, 5.74) is -4.73. The first kappa shape index (κ1) is 9.34. The van der Waals surface area contributed by atoms with Gasteiger partial charge in [-0.1, -0.05) is 0 Å². The molecule has 0 aromatic carbocycles. The van der Waals surface area contributed by atoms with Crippen LogP contribution in [-0.4, -0.2) is 15.0 Å².